The van der Waals surface area contributed by atoms with Gasteiger partial charge in [-0.2, -0.15) is 0 Å². The Labute approximate surface area is 162 Å². The molecule has 4 unspecified atom stereocenters. The second kappa shape index (κ2) is 7.66. The summed E-state index contributed by atoms with van der Waals surface area (Å²) in [5, 5.41) is 9.67. The number of carbonyl (C=O) groups excluding carboxylic acids is 1. The number of aliphatic carboxylic acids is 1. The van der Waals surface area contributed by atoms with Crippen LogP contribution in [0.15, 0.2) is 45.8 Å². The van der Waals surface area contributed by atoms with Crippen molar-refractivity contribution in [1.29, 1.82) is 0 Å². The van der Waals surface area contributed by atoms with E-state index in [2.05, 4.69) is 0 Å². The molecule has 1 aromatic rings. The minimum atomic E-state index is -1.05. The summed E-state index contributed by atoms with van der Waals surface area (Å²) in [7, 11) is 0. The van der Waals surface area contributed by atoms with Crippen LogP contribution in [0.25, 0.3) is 0 Å². The van der Waals surface area contributed by atoms with Crippen LogP contribution in [0.1, 0.15) is 32.6 Å². The zero-order valence-electron chi connectivity index (χ0n) is 15.2. The third kappa shape index (κ3) is 3.51. The molecule has 0 aromatic heterocycles. The first-order valence-electron chi connectivity index (χ1n) is 9.35. The molecule has 0 spiro atoms. The monoisotopic (exact) mass is 389 g/mol. The molecule has 3 aliphatic rings. The molecule has 0 aliphatic carbocycles. The van der Waals surface area contributed by atoms with Crippen molar-refractivity contribution < 1.29 is 24.2 Å². The van der Waals surface area contributed by atoms with Crippen LogP contribution < -0.4 is 0 Å². The number of ether oxygens (including phenoxy) is 2. The first kappa shape index (κ1) is 18.5. The Morgan fingerprint density at radius 2 is 2.11 bits per heavy atom. The van der Waals surface area contributed by atoms with Gasteiger partial charge in [-0.15, -0.1) is 0 Å². The zero-order valence-corrected chi connectivity index (χ0v) is 16.0. The summed E-state index contributed by atoms with van der Waals surface area (Å²) in [6.07, 6.45) is 2.94. The van der Waals surface area contributed by atoms with Gasteiger partial charge in [-0.05, 0) is 38.3 Å². The Bertz CT molecular complexity index is 759. The van der Waals surface area contributed by atoms with E-state index in [1.54, 1.807) is 0 Å². The van der Waals surface area contributed by atoms with Crippen molar-refractivity contribution in [2.45, 2.75) is 55.9 Å². The maximum absolute atomic E-state index is 12.7. The molecule has 2 fully saturated rings. The SMILES string of the molecule is CC(OC1CCCCO1)C1C(=O)N2C(C(=O)O)=C(Sc3ccccc3)CC12. The summed E-state index contributed by atoms with van der Waals surface area (Å²) in [6.45, 7) is 2.58. The van der Waals surface area contributed by atoms with Crippen LogP contribution in [0.5, 0.6) is 0 Å². The fourth-order valence-corrected chi connectivity index (χ4v) is 5.20. The molecule has 1 amide bonds. The van der Waals surface area contributed by atoms with Crippen LogP contribution in [0, 0.1) is 5.92 Å². The number of β-lactam (4-membered cyclic amide) rings is 1. The van der Waals surface area contributed by atoms with E-state index in [-0.39, 0.29) is 36.0 Å². The van der Waals surface area contributed by atoms with Crippen LogP contribution in [0.2, 0.25) is 0 Å². The van der Waals surface area contributed by atoms with Gasteiger partial charge in [0.05, 0.1) is 18.1 Å². The molecule has 1 aromatic carbocycles. The third-order valence-electron chi connectivity index (χ3n) is 5.37. The Morgan fingerprint density at radius 1 is 1.33 bits per heavy atom. The van der Waals surface area contributed by atoms with Crippen molar-refractivity contribution in [2.75, 3.05) is 6.61 Å². The average molecular weight is 389 g/mol. The number of thioether (sulfide) groups is 1. The Hall–Kier alpha value is -1.83. The Kier molecular flexibility index (Phi) is 5.25. The second-order valence-corrected chi connectivity index (χ2v) is 8.30. The minimum Gasteiger partial charge on any atom is -0.477 e. The molecule has 3 heterocycles. The van der Waals surface area contributed by atoms with Crippen LogP contribution in [-0.2, 0) is 19.1 Å². The highest BCUT2D eigenvalue weighted by Gasteiger charge is 2.57. The molecule has 1 N–H and O–H groups in total. The predicted octanol–water partition coefficient (Wildman–Crippen LogP) is 3.24. The van der Waals surface area contributed by atoms with Gasteiger partial charge in [0.2, 0.25) is 5.91 Å². The zero-order chi connectivity index (χ0) is 19.0. The number of rotatable bonds is 6. The molecule has 7 heteroatoms. The smallest absolute Gasteiger partial charge is 0.353 e. The lowest BCUT2D eigenvalue weighted by Crippen LogP contribution is -2.62. The van der Waals surface area contributed by atoms with Crippen molar-refractivity contribution >= 4 is 23.6 Å². The predicted molar refractivity (Wildman–Crippen MR) is 99.8 cm³/mol. The number of hydrogen-bond donors (Lipinski definition) is 1. The molecule has 0 saturated carbocycles. The molecular weight excluding hydrogens is 366 g/mol. The lowest BCUT2D eigenvalue weighted by molar-refractivity contribution is -0.210. The van der Waals surface area contributed by atoms with E-state index in [0.29, 0.717) is 13.0 Å². The second-order valence-electron chi connectivity index (χ2n) is 7.13. The number of carboxylic acids is 1. The summed E-state index contributed by atoms with van der Waals surface area (Å²) < 4.78 is 11.6. The maximum Gasteiger partial charge on any atom is 0.353 e. The van der Waals surface area contributed by atoms with E-state index in [4.69, 9.17) is 9.47 Å². The fourth-order valence-electron chi connectivity index (χ4n) is 4.08. The number of carbonyl (C=O) groups is 2. The van der Waals surface area contributed by atoms with Crippen molar-refractivity contribution in [1.82, 2.24) is 4.90 Å². The molecule has 2 saturated heterocycles. The van der Waals surface area contributed by atoms with Crippen molar-refractivity contribution in [3.05, 3.63) is 40.9 Å². The topological polar surface area (TPSA) is 76.1 Å². The lowest BCUT2D eigenvalue weighted by atomic mass is 9.83. The number of hydrogen-bond acceptors (Lipinski definition) is 5. The van der Waals surface area contributed by atoms with Gasteiger partial charge in [-0.3, -0.25) is 4.79 Å². The van der Waals surface area contributed by atoms with Crippen LogP contribution in [0.4, 0.5) is 0 Å². The van der Waals surface area contributed by atoms with Gasteiger partial charge in [0.15, 0.2) is 6.29 Å². The van der Waals surface area contributed by atoms with E-state index >= 15 is 0 Å². The molecule has 0 bridgehead atoms. The van der Waals surface area contributed by atoms with E-state index in [1.807, 2.05) is 37.3 Å². The van der Waals surface area contributed by atoms with Gasteiger partial charge in [-0.1, -0.05) is 30.0 Å². The summed E-state index contributed by atoms with van der Waals surface area (Å²) in [5.74, 6) is -1.53. The number of fused-ring (bicyclic) bond motifs is 1. The quantitative estimate of drug-likeness (QED) is 0.753. The van der Waals surface area contributed by atoms with Crippen LogP contribution >= 0.6 is 11.8 Å². The highest BCUT2D eigenvalue weighted by molar-refractivity contribution is 8.03. The number of benzene rings is 1. The number of carboxylic acid groups (broad SMARTS) is 1. The molecule has 3 aliphatic heterocycles. The largest absolute Gasteiger partial charge is 0.477 e. The van der Waals surface area contributed by atoms with E-state index in [0.717, 1.165) is 29.1 Å². The molecule has 0 radical (unpaired) electrons. The van der Waals surface area contributed by atoms with Gasteiger partial charge in [0.25, 0.3) is 0 Å². The summed E-state index contributed by atoms with van der Waals surface area (Å²) in [6, 6.07) is 9.50. The van der Waals surface area contributed by atoms with Crippen molar-refractivity contribution in [3.63, 3.8) is 0 Å². The standard InChI is InChI=1S/C20H23NO5S/c1-12(26-16-9-5-6-10-25-16)17-14-11-15(27-13-7-3-2-4-8-13)18(20(23)24)21(14)19(17)22/h2-4,7-8,12,14,16-17H,5-6,9-11H2,1H3,(H,23,24). The van der Waals surface area contributed by atoms with Gasteiger partial charge < -0.3 is 19.5 Å². The Balaban J connectivity index is 1.48. The first-order valence-corrected chi connectivity index (χ1v) is 10.2. The molecular formula is C20H23NO5S. The molecule has 144 valence electrons. The van der Waals surface area contributed by atoms with Crippen LogP contribution in [-0.4, -0.2) is 46.9 Å². The highest BCUT2D eigenvalue weighted by Crippen LogP contribution is 2.49. The summed E-state index contributed by atoms with van der Waals surface area (Å²) in [4.78, 5) is 27.7. The minimum absolute atomic E-state index is 0.121. The number of nitrogens with zero attached hydrogens (tertiary/aromatic N) is 1. The van der Waals surface area contributed by atoms with Gasteiger partial charge >= 0.3 is 5.97 Å². The summed E-state index contributed by atoms with van der Waals surface area (Å²) in [5.41, 5.74) is 0.121. The highest BCUT2D eigenvalue weighted by atomic mass is 32.2. The molecule has 27 heavy (non-hydrogen) atoms. The van der Waals surface area contributed by atoms with E-state index in [1.165, 1.54) is 16.7 Å². The van der Waals surface area contributed by atoms with Gasteiger partial charge in [0.1, 0.15) is 5.70 Å². The maximum atomic E-state index is 12.7. The van der Waals surface area contributed by atoms with Crippen molar-refractivity contribution in [3.8, 4) is 0 Å². The van der Waals surface area contributed by atoms with E-state index in [9.17, 15) is 14.7 Å². The van der Waals surface area contributed by atoms with Crippen LogP contribution in [0.3, 0.4) is 0 Å². The van der Waals surface area contributed by atoms with E-state index < -0.39 is 5.97 Å². The molecule has 6 nitrogen and oxygen atoms in total. The Morgan fingerprint density at radius 3 is 2.78 bits per heavy atom. The molecule has 4 atom stereocenters. The van der Waals surface area contributed by atoms with Crippen molar-refractivity contribution in [2.24, 2.45) is 5.92 Å². The van der Waals surface area contributed by atoms with Gasteiger partial charge in [-0.25, -0.2) is 4.79 Å². The fraction of sp³-hybridized carbons (Fsp3) is 0.500. The van der Waals surface area contributed by atoms with Gasteiger partial charge in [0, 0.05) is 22.8 Å². The average Bonchev–Trinajstić information content (AvgIpc) is 2.98. The third-order valence-corrected chi connectivity index (χ3v) is 6.48. The molecule has 4 rings (SSSR count). The normalized spacial score (nSPS) is 28.7. The lowest BCUT2D eigenvalue weighted by Gasteiger charge is -2.46. The summed E-state index contributed by atoms with van der Waals surface area (Å²) >= 11 is 1.43. The first-order chi connectivity index (χ1) is 13.1. The number of amides is 1.